The number of hydrogen-bond donors (Lipinski definition) is 1. The Hall–Kier alpha value is -0.670. The second kappa shape index (κ2) is 5.37. The van der Waals surface area contributed by atoms with Crippen LogP contribution >= 0.6 is 0 Å². The van der Waals surface area contributed by atoms with Crippen molar-refractivity contribution in [1.29, 1.82) is 0 Å². The van der Waals surface area contributed by atoms with Gasteiger partial charge in [0.1, 0.15) is 0 Å². The summed E-state index contributed by atoms with van der Waals surface area (Å²) in [5.74, 6) is 0. The van der Waals surface area contributed by atoms with Crippen LogP contribution in [0.2, 0.25) is 0 Å². The Bertz CT molecular complexity index is 490. The van der Waals surface area contributed by atoms with Crippen LogP contribution in [-0.2, 0) is 16.2 Å². The minimum atomic E-state index is -0.874. The third-order valence-electron chi connectivity index (χ3n) is 3.85. The van der Waals surface area contributed by atoms with E-state index in [1.807, 2.05) is 0 Å². The van der Waals surface area contributed by atoms with Gasteiger partial charge in [-0.1, -0.05) is 39.8 Å². The lowest BCUT2D eigenvalue weighted by Gasteiger charge is -2.22. The highest BCUT2D eigenvalue weighted by atomic mass is 32.2. The van der Waals surface area contributed by atoms with Crippen LogP contribution in [0.1, 0.15) is 58.2 Å². The molecule has 3 atom stereocenters. The fourth-order valence-electron chi connectivity index (χ4n) is 2.59. The summed E-state index contributed by atoms with van der Waals surface area (Å²) in [6.07, 6.45) is 1.10. The van der Waals surface area contributed by atoms with Crippen molar-refractivity contribution in [3.8, 4) is 0 Å². The molecule has 0 aromatic heterocycles. The first-order chi connectivity index (χ1) is 8.86. The van der Waals surface area contributed by atoms with E-state index in [9.17, 15) is 4.21 Å². The second-order valence-electron chi connectivity index (χ2n) is 6.44. The number of benzene rings is 1. The predicted octanol–water partition coefficient (Wildman–Crippen LogP) is 3.53. The molecule has 3 heteroatoms. The van der Waals surface area contributed by atoms with Crippen molar-refractivity contribution in [3.05, 3.63) is 29.3 Å². The summed E-state index contributed by atoms with van der Waals surface area (Å²) < 4.78 is 12.4. The fourth-order valence-corrected chi connectivity index (χ4v) is 4.10. The zero-order chi connectivity index (χ0) is 14.2. The summed E-state index contributed by atoms with van der Waals surface area (Å²) in [7, 11) is -0.874. The molecule has 0 saturated heterocycles. The Balaban J connectivity index is 2.41. The highest BCUT2D eigenvalue weighted by Gasteiger charge is 2.36. The topological polar surface area (TPSA) is 29.1 Å². The van der Waals surface area contributed by atoms with Crippen LogP contribution in [0, 0.1) is 0 Å². The minimum Gasteiger partial charge on any atom is -0.309 e. The third kappa shape index (κ3) is 2.77. The maximum absolute atomic E-state index is 12.4. The highest BCUT2D eigenvalue weighted by Crippen LogP contribution is 2.38. The molecular weight excluding hydrogens is 254 g/mol. The molecule has 1 heterocycles. The van der Waals surface area contributed by atoms with Crippen molar-refractivity contribution in [3.63, 3.8) is 0 Å². The average molecular weight is 279 g/mol. The predicted molar refractivity (Wildman–Crippen MR) is 82.0 cm³/mol. The van der Waals surface area contributed by atoms with E-state index in [2.05, 4.69) is 58.1 Å². The van der Waals surface area contributed by atoms with Crippen molar-refractivity contribution in [2.75, 3.05) is 6.54 Å². The normalized spacial score (nSPS) is 26.5. The van der Waals surface area contributed by atoms with Crippen LogP contribution in [0.3, 0.4) is 0 Å². The summed E-state index contributed by atoms with van der Waals surface area (Å²) in [6.45, 7) is 11.9. The molecule has 0 radical (unpaired) electrons. The summed E-state index contributed by atoms with van der Waals surface area (Å²) in [5.41, 5.74) is 2.70. The van der Waals surface area contributed by atoms with Gasteiger partial charge in [0.2, 0.25) is 0 Å². The van der Waals surface area contributed by atoms with Crippen LogP contribution in [0.25, 0.3) is 0 Å². The van der Waals surface area contributed by atoms with Gasteiger partial charge in [-0.05, 0) is 42.5 Å². The first kappa shape index (κ1) is 14.7. The van der Waals surface area contributed by atoms with E-state index in [-0.39, 0.29) is 16.7 Å². The number of rotatable bonds is 3. The smallest absolute Gasteiger partial charge is 0.0580 e. The average Bonchev–Trinajstić information content (AvgIpc) is 2.59. The summed E-state index contributed by atoms with van der Waals surface area (Å²) in [5, 5.41) is 3.72. The highest BCUT2D eigenvalue weighted by molar-refractivity contribution is 7.86. The Morgan fingerprint density at radius 1 is 1.32 bits per heavy atom. The largest absolute Gasteiger partial charge is 0.309 e. The molecule has 0 spiro atoms. The lowest BCUT2D eigenvalue weighted by Crippen LogP contribution is -2.28. The second-order valence-corrected chi connectivity index (χ2v) is 8.22. The molecule has 2 nitrogen and oxygen atoms in total. The molecule has 1 N–H and O–H groups in total. The monoisotopic (exact) mass is 279 g/mol. The van der Waals surface area contributed by atoms with Crippen molar-refractivity contribution in [2.45, 2.75) is 62.6 Å². The minimum absolute atomic E-state index is 0.137. The standard InChI is InChI=1S/C16H25NOS/c1-6-9-17-15-11(2)19(18)14-8-7-12(10-13(14)15)16(3,4)5/h7-8,10-11,15,17H,6,9H2,1-5H3. The Morgan fingerprint density at radius 3 is 2.58 bits per heavy atom. The Labute approximate surface area is 119 Å². The summed E-state index contributed by atoms with van der Waals surface area (Å²) >= 11 is 0. The molecule has 1 aliphatic heterocycles. The zero-order valence-corrected chi connectivity index (χ0v) is 13.4. The van der Waals surface area contributed by atoms with Crippen LogP contribution < -0.4 is 5.32 Å². The molecule has 0 amide bonds. The Morgan fingerprint density at radius 2 is 2.00 bits per heavy atom. The van der Waals surface area contributed by atoms with Crippen molar-refractivity contribution in [1.82, 2.24) is 5.32 Å². The van der Waals surface area contributed by atoms with Gasteiger partial charge in [0.05, 0.1) is 16.0 Å². The lowest BCUT2D eigenvalue weighted by molar-refractivity contribution is 0.524. The number of fused-ring (bicyclic) bond motifs is 1. The van der Waals surface area contributed by atoms with E-state index < -0.39 is 10.8 Å². The molecule has 0 bridgehead atoms. The number of hydrogen-bond acceptors (Lipinski definition) is 2. The van der Waals surface area contributed by atoms with Gasteiger partial charge >= 0.3 is 0 Å². The molecule has 19 heavy (non-hydrogen) atoms. The Kier molecular flexibility index (Phi) is 4.17. The first-order valence-corrected chi connectivity index (χ1v) is 8.36. The lowest BCUT2D eigenvalue weighted by atomic mass is 9.85. The molecule has 0 saturated carbocycles. The van der Waals surface area contributed by atoms with Crippen molar-refractivity contribution >= 4 is 10.8 Å². The molecule has 106 valence electrons. The maximum Gasteiger partial charge on any atom is 0.0580 e. The van der Waals surface area contributed by atoms with Crippen molar-refractivity contribution in [2.24, 2.45) is 0 Å². The van der Waals surface area contributed by atoms with Crippen LogP contribution in [0.4, 0.5) is 0 Å². The quantitative estimate of drug-likeness (QED) is 0.917. The van der Waals surface area contributed by atoms with E-state index >= 15 is 0 Å². The van der Waals surface area contributed by atoms with Gasteiger partial charge in [0.25, 0.3) is 0 Å². The van der Waals surface area contributed by atoms with Gasteiger partial charge in [-0.15, -0.1) is 0 Å². The number of nitrogens with one attached hydrogen (secondary N) is 1. The van der Waals surface area contributed by atoms with Gasteiger partial charge in [0, 0.05) is 10.9 Å². The SMILES string of the molecule is CCCNC1c2cc(C(C)(C)C)ccc2S(=O)C1C. The van der Waals surface area contributed by atoms with E-state index in [4.69, 9.17) is 0 Å². The van der Waals surface area contributed by atoms with Gasteiger partial charge in [-0.2, -0.15) is 0 Å². The molecule has 0 aliphatic carbocycles. The van der Waals surface area contributed by atoms with Gasteiger partial charge < -0.3 is 5.32 Å². The molecule has 1 aromatic carbocycles. The van der Waals surface area contributed by atoms with Crippen molar-refractivity contribution < 1.29 is 4.21 Å². The van der Waals surface area contributed by atoms with E-state index in [0.717, 1.165) is 17.9 Å². The first-order valence-electron chi connectivity index (χ1n) is 7.14. The van der Waals surface area contributed by atoms with Gasteiger partial charge in [-0.25, -0.2) is 0 Å². The van der Waals surface area contributed by atoms with Gasteiger partial charge in [-0.3, -0.25) is 4.21 Å². The fraction of sp³-hybridized carbons (Fsp3) is 0.625. The molecule has 2 rings (SSSR count). The van der Waals surface area contributed by atoms with Crippen LogP contribution in [0.5, 0.6) is 0 Å². The van der Waals surface area contributed by atoms with Crippen LogP contribution in [-0.4, -0.2) is 16.0 Å². The molecular formula is C16H25NOS. The molecule has 0 fully saturated rings. The third-order valence-corrected chi connectivity index (χ3v) is 5.60. The molecule has 1 aromatic rings. The van der Waals surface area contributed by atoms with Gasteiger partial charge in [0.15, 0.2) is 0 Å². The van der Waals surface area contributed by atoms with Crippen LogP contribution in [0.15, 0.2) is 23.1 Å². The molecule has 1 aliphatic rings. The van der Waals surface area contributed by atoms with E-state index in [1.165, 1.54) is 11.1 Å². The van der Waals surface area contributed by atoms with E-state index in [1.54, 1.807) is 0 Å². The summed E-state index contributed by atoms with van der Waals surface area (Å²) in [6, 6.07) is 6.68. The summed E-state index contributed by atoms with van der Waals surface area (Å²) in [4.78, 5) is 1.02. The van der Waals surface area contributed by atoms with E-state index in [0.29, 0.717) is 0 Å². The zero-order valence-electron chi connectivity index (χ0n) is 12.6. The maximum atomic E-state index is 12.4. The molecule has 3 unspecified atom stereocenters.